The number of piperidine rings is 1. The maximum absolute atomic E-state index is 5.66. The summed E-state index contributed by atoms with van der Waals surface area (Å²) in [5.74, 6) is 0.918. The van der Waals surface area contributed by atoms with Crippen molar-refractivity contribution in [2.45, 2.75) is 59.1 Å². The first-order valence-corrected chi connectivity index (χ1v) is 10.3. The highest BCUT2D eigenvalue weighted by Crippen LogP contribution is 2.11. The van der Waals surface area contributed by atoms with E-state index < -0.39 is 0 Å². The first-order valence-electron chi connectivity index (χ1n) is 10.3. The molecule has 1 saturated heterocycles. The first kappa shape index (κ1) is 25.2. The Balaban J connectivity index is 0.00000392. The third-order valence-electron chi connectivity index (χ3n) is 5.00. The van der Waals surface area contributed by atoms with Crippen molar-refractivity contribution in [2.24, 2.45) is 4.99 Å². The van der Waals surface area contributed by atoms with Crippen LogP contribution in [0.25, 0.3) is 0 Å². The van der Waals surface area contributed by atoms with E-state index in [1.165, 1.54) is 16.7 Å². The van der Waals surface area contributed by atoms with E-state index in [9.17, 15) is 0 Å². The van der Waals surface area contributed by atoms with Crippen LogP contribution in [0.1, 0.15) is 43.4 Å². The van der Waals surface area contributed by atoms with E-state index in [1.54, 1.807) is 0 Å². The zero-order valence-electron chi connectivity index (χ0n) is 18.3. The number of hydrogen-bond acceptors (Lipinski definition) is 3. The van der Waals surface area contributed by atoms with Gasteiger partial charge in [0, 0.05) is 39.3 Å². The quantitative estimate of drug-likeness (QED) is 0.325. The summed E-state index contributed by atoms with van der Waals surface area (Å²) in [6.45, 7) is 13.5. The monoisotopic (exact) mass is 502 g/mol. The van der Waals surface area contributed by atoms with Gasteiger partial charge in [0.15, 0.2) is 5.96 Å². The predicted molar refractivity (Wildman–Crippen MR) is 130 cm³/mol. The van der Waals surface area contributed by atoms with Crippen molar-refractivity contribution < 1.29 is 4.74 Å². The molecular formula is C22H39IN4O. The fourth-order valence-corrected chi connectivity index (χ4v) is 3.64. The second kappa shape index (κ2) is 13.4. The molecule has 1 aliphatic rings. The Labute approximate surface area is 188 Å². The Morgan fingerprint density at radius 3 is 2.39 bits per heavy atom. The standard InChI is InChI=1S/C22H38N4O.HI/c1-17(2)27-13-12-26-10-7-21(8-11-26)25-22(23-5)24-9-6-20-15-18(3)14-19(4)16-20;/h14-17,21H,6-13H2,1-5H3,(H2,23,24,25);1H. The average molecular weight is 502 g/mol. The molecule has 2 N–H and O–H groups in total. The number of ether oxygens (including phenoxy) is 1. The second-order valence-corrected chi connectivity index (χ2v) is 7.92. The lowest BCUT2D eigenvalue weighted by Gasteiger charge is -2.33. The van der Waals surface area contributed by atoms with E-state index in [0.29, 0.717) is 12.1 Å². The van der Waals surface area contributed by atoms with Gasteiger partial charge < -0.3 is 20.3 Å². The Kier molecular flexibility index (Phi) is 12.0. The van der Waals surface area contributed by atoms with Crippen LogP contribution < -0.4 is 10.6 Å². The molecule has 160 valence electrons. The Morgan fingerprint density at radius 2 is 1.82 bits per heavy atom. The third-order valence-corrected chi connectivity index (χ3v) is 5.00. The number of guanidine groups is 1. The summed E-state index contributed by atoms with van der Waals surface area (Å²) in [6, 6.07) is 7.26. The van der Waals surface area contributed by atoms with Crippen LogP contribution in [0.4, 0.5) is 0 Å². The van der Waals surface area contributed by atoms with Crippen LogP contribution >= 0.6 is 24.0 Å². The van der Waals surface area contributed by atoms with Gasteiger partial charge in [0.2, 0.25) is 0 Å². The van der Waals surface area contributed by atoms with Gasteiger partial charge >= 0.3 is 0 Å². The molecule has 0 aliphatic carbocycles. The van der Waals surface area contributed by atoms with Crippen LogP contribution in [0.15, 0.2) is 23.2 Å². The van der Waals surface area contributed by atoms with Gasteiger partial charge in [-0.15, -0.1) is 24.0 Å². The number of hydrogen-bond donors (Lipinski definition) is 2. The van der Waals surface area contributed by atoms with Crippen molar-refractivity contribution >= 4 is 29.9 Å². The predicted octanol–water partition coefficient (Wildman–Crippen LogP) is 3.52. The van der Waals surface area contributed by atoms with Crippen molar-refractivity contribution in [1.29, 1.82) is 0 Å². The summed E-state index contributed by atoms with van der Waals surface area (Å²) in [7, 11) is 1.85. The maximum Gasteiger partial charge on any atom is 0.191 e. The van der Waals surface area contributed by atoms with E-state index in [4.69, 9.17) is 4.74 Å². The van der Waals surface area contributed by atoms with Gasteiger partial charge in [-0.2, -0.15) is 0 Å². The minimum absolute atomic E-state index is 0. The topological polar surface area (TPSA) is 48.9 Å². The average Bonchev–Trinajstić information content (AvgIpc) is 2.61. The molecule has 1 aliphatic heterocycles. The number of aryl methyl sites for hydroxylation is 2. The van der Waals surface area contributed by atoms with Gasteiger partial charge in [-0.25, -0.2) is 0 Å². The third kappa shape index (κ3) is 9.56. The summed E-state index contributed by atoms with van der Waals surface area (Å²) < 4.78 is 5.66. The van der Waals surface area contributed by atoms with Crippen LogP contribution in [0.5, 0.6) is 0 Å². The number of rotatable bonds is 8. The molecule has 0 spiro atoms. The summed E-state index contributed by atoms with van der Waals surface area (Å²) >= 11 is 0. The van der Waals surface area contributed by atoms with E-state index in [0.717, 1.165) is 58.0 Å². The maximum atomic E-state index is 5.66. The zero-order chi connectivity index (χ0) is 19.6. The molecule has 5 nitrogen and oxygen atoms in total. The fourth-order valence-electron chi connectivity index (χ4n) is 3.64. The lowest BCUT2D eigenvalue weighted by atomic mass is 10.0. The van der Waals surface area contributed by atoms with E-state index >= 15 is 0 Å². The molecule has 0 saturated carbocycles. The van der Waals surface area contributed by atoms with Crippen molar-refractivity contribution in [3.63, 3.8) is 0 Å². The van der Waals surface area contributed by atoms with Gasteiger partial charge in [0.05, 0.1) is 12.7 Å². The smallest absolute Gasteiger partial charge is 0.191 e. The second-order valence-electron chi connectivity index (χ2n) is 7.92. The lowest BCUT2D eigenvalue weighted by Crippen LogP contribution is -2.49. The Hall–Kier alpha value is -0.860. The molecule has 0 bridgehead atoms. The Bertz CT molecular complexity index is 578. The van der Waals surface area contributed by atoms with Crippen molar-refractivity contribution in [2.75, 3.05) is 39.8 Å². The molecule has 0 amide bonds. The van der Waals surface area contributed by atoms with Gasteiger partial charge in [0.1, 0.15) is 0 Å². The number of aliphatic imine (C=N–C) groups is 1. The molecule has 0 aromatic heterocycles. The molecule has 0 atom stereocenters. The van der Waals surface area contributed by atoms with Crippen LogP contribution in [0.2, 0.25) is 0 Å². The number of halogens is 1. The molecule has 2 rings (SSSR count). The SMILES string of the molecule is CN=C(NCCc1cc(C)cc(C)c1)NC1CCN(CCOC(C)C)CC1.I. The van der Waals surface area contributed by atoms with E-state index in [1.807, 2.05) is 7.05 Å². The number of benzene rings is 1. The van der Waals surface area contributed by atoms with Gasteiger partial charge in [0.25, 0.3) is 0 Å². The van der Waals surface area contributed by atoms with Crippen molar-refractivity contribution in [3.8, 4) is 0 Å². The van der Waals surface area contributed by atoms with Crippen molar-refractivity contribution in [1.82, 2.24) is 15.5 Å². The largest absolute Gasteiger partial charge is 0.377 e. The highest BCUT2D eigenvalue weighted by Gasteiger charge is 2.19. The van der Waals surface area contributed by atoms with Crippen LogP contribution in [-0.2, 0) is 11.2 Å². The molecule has 1 aromatic carbocycles. The van der Waals surface area contributed by atoms with E-state index in [2.05, 4.69) is 66.4 Å². The van der Waals surface area contributed by atoms with Gasteiger partial charge in [-0.1, -0.05) is 29.3 Å². The van der Waals surface area contributed by atoms with Gasteiger partial charge in [-0.05, 0) is 52.5 Å². The molecule has 0 radical (unpaired) electrons. The minimum atomic E-state index is 0. The highest BCUT2D eigenvalue weighted by atomic mass is 127. The van der Waals surface area contributed by atoms with Crippen LogP contribution in [0, 0.1) is 13.8 Å². The summed E-state index contributed by atoms with van der Waals surface area (Å²) in [4.78, 5) is 6.89. The Morgan fingerprint density at radius 1 is 1.18 bits per heavy atom. The molecule has 28 heavy (non-hydrogen) atoms. The molecule has 1 fully saturated rings. The molecule has 1 aromatic rings. The molecule has 1 heterocycles. The van der Waals surface area contributed by atoms with Crippen molar-refractivity contribution in [3.05, 3.63) is 34.9 Å². The normalized spacial score (nSPS) is 16.1. The summed E-state index contributed by atoms with van der Waals surface area (Å²) in [5, 5.41) is 7.06. The molecule has 0 unspecified atom stereocenters. The number of likely N-dealkylation sites (tertiary alicyclic amines) is 1. The minimum Gasteiger partial charge on any atom is -0.377 e. The van der Waals surface area contributed by atoms with Gasteiger partial charge in [-0.3, -0.25) is 4.99 Å². The lowest BCUT2D eigenvalue weighted by molar-refractivity contribution is 0.0532. The number of nitrogens with zero attached hydrogens (tertiary/aromatic N) is 2. The fraction of sp³-hybridized carbons (Fsp3) is 0.682. The van der Waals surface area contributed by atoms with E-state index in [-0.39, 0.29) is 24.0 Å². The zero-order valence-corrected chi connectivity index (χ0v) is 20.6. The molecule has 6 heteroatoms. The number of nitrogens with one attached hydrogen (secondary N) is 2. The molecular weight excluding hydrogens is 463 g/mol. The van der Waals surface area contributed by atoms with Crippen LogP contribution in [0.3, 0.4) is 0 Å². The summed E-state index contributed by atoms with van der Waals surface area (Å²) in [5.41, 5.74) is 4.04. The highest BCUT2D eigenvalue weighted by molar-refractivity contribution is 14.0. The summed E-state index contributed by atoms with van der Waals surface area (Å²) in [6.07, 6.45) is 3.64. The first-order chi connectivity index (χ1) is 13.0. The van der Waals surface area contributed by atoms with Crippen LogP contribution in [-0.4, -0.2) is 62.8 Å².